The average Bonchev–Trinajstić information content (AvgIpc) is 2.66. The molecule has 1 aromatic rings. The summed E-state index contributed by atoms with van der Waals surface area (Å²) in [5.74, 6) is 0.943. The van der Waals surface area contributed by atoms with E-state index >= 15 is 0 Å². The van der Waals surface area contributed by atoms with E-state index < -0.39 is 0 Å². The van der Waals surface area contributed by atoms with Gasteiger partial charge in [-0.15, -0.1) is 0 Å². The molecule has 2 rings (SSSR count). The predicted octanol–water partition coefficient (Wildman–Crippen LogP) is 4.47. The molecule has 1 fully saturated rings. The molecule has 5 nitrogen and oxygen atoms in total. The van der Waals surface area contributed by atoms with Crippen molar-refractivity contribution >= 4 is 27.6 Å². The van der Waals surface area contributed by atoms with Gasteiger partial charge in [-0.05, 0) is 58.3 Å². The molecule has 0 atom stereocenters. The van der Waals surface area contributed by atoms with Gasteiger partial charge in [0.25, 0.3) is 0 Å². The van der Waals surface area contributed by atoms with Crippen molar-refractivity contribution in [2.24, 2.45) is 16.6 Å². The standard InChI is InChI=1S/C23H32BrN3O2/c1-17(22(26-12-11-25)29-23(2,3)4)16-27-13-9-18(10-14-27)21(28)15-19-7-5-6-8-20(19)24/h5-8,11-12,18H,1,9-10,13-16,25H2,2-4H3/b12-11-,26-22?. The normalized spacial score (nSPS) is 16.9. The molecular weight excluding hydrogens is 430 g/mol. The Bertz CT molecular complexity index is 773. The molecule has 0 amide bonds. The SMILES string of the molecule is C=C(CN1CCC(C(=O)Cc2ccccc2Br)CC1)C(=N/C=C\N)OC(C)(C)C. The van der Waals surface area contributed by atoms with E-state index in [1.165, 1.54) is 12.4 Å². The number of rotatable bonds is 7. The zero-order valence-corrected chi connectivity index (χ0v) is 19.2. The van der Waals surface area contributed by atoms with Crippen LogP contribution in [0.3, 0.4) is 0 Å². The summed E-state index contributed by atoms with van der Waals surface area (Å²) in [6.07, 6.45) is 5.11. The molecule has 0 unspecified atom stereocenters. The summed E-state index contributed by atoms with van der Waals surface area (Å²) in [6, 6.07) is 7.93. The molecule has 29 heavy (non-hydrogen) atoms. The van der Waals surface area contributed by atoms with Gasteiger partial charge < -0.3 is 10.5 Å². The lowest BCUT2D eigenvalue weighted by Crippen LogP contribution is -2.39. The van der Waals surface area contributed by atoms with E-state index in [1.54, 1.807) is 0 Å². The molecule has 1 aliphatic heterocycles. The Balaban J connectivity index is 1.88. The van der Waals surface area contributed by atoms with Crippen LogP contribution in [0.25, 0.3) is 0 Å². The Hall–Kier alpha value is -1.92. The average molecular weight is 462 g/mol. The van der Waals surface area contributed by atoms with Crippen LogP contribution in [0.15, 0.2) is 58.3 Å². The molecule has 0 aromatic heterocycles. The fourth-order valence-corrected chi connectivity index (χ4v) is 3.74. The molecule has 1 heterocycles. The number of hydrogen-bond acceptors (Lipinski definition) is 5. The number of nitrogens with zero attached hydrogens (tertiary/aromatic N) is 2. The van der Waals surface area contributed by atoms with Crippen LogP contribution in [0.5, 0.6) is 0 Å². The number of halogens is 1. The lowest BCUT2D eigenvalue weighted by molar-refractivity contribution is -0.123. The first-order valence-electron chi connectivity index (χ1n) is 10.00. The van der Waals surface area contributed by atoms with Crippen LogP contribution in [0.1, 0.15) is 39.2 Å². The molecule has 0 radical (unpaired) electrons. The van der Waals surface area contributed by atoms with Gasteiger partial charge in [-0.25, -0.2) is 4.99 Å². The number of aliphatic imine (C=N–C) groups is 1. The number of nitrogens with two attached hydrogens (primary N) is 1. The number of carbonyl (C=O) groups is 1. The zero-order valence-electron chi connectivity index (χ0n) is 17.7. The van der Waals surface area contributed by atoms with Crippen molar-refractivity contribution in [1.29, 1.82) is 0 Å². The Morgan fingerprint density at radius 2 is 2.00 bits per heavy atom. The number of likely N-dealkylation sites (tertiary alicyclic amines) is 1. The second-order valence-corrected chi connectivity index (χ2v) is 9.23. The summed E-state index contributed by atoms with van der Waals surface area (Å²) in [5, 5.41) is 0. The van der Waals surface area contributed by atoms with Crippen molar-refractivity contribution < 1.29 is 9.53 Å². The van der Waals surface area contributed by atoms with Gasteiger partial charge in [0.05, 0.1) is 0 Å². The predicted molar refractivity (Wildman–Crippen MR) is 123 cm³/mol. The van der Waals surface area contributed by atoms with Gasteiger partial charge in [-0.2, -0.15) is 0 Å². The van der Waals surface area contributed by atoms with Crippen LogP contribution >= 0.6 is 15.9 Å². The second kappa shape index (κ2) is 10.7. The molecule has 1 saturated heterocycles. The minimum atomic E-state index is -0.366. The molecule has 158 valence electrons. The third-order valence-electron chi connectivity index (χ3n) is 4.76. The summed E-state index contributed by atoms with van der Waals surface area (Å²) in [7, 11) is 0. The molecule has 2 N–H and O–H groups in total. The summed E-state index contributed by atoms with van der Waals surface area (Å²) >= 11 is 3.53. The lowest BCUT2D eigenvalue weighted by atomic mass is 9.89. The molecule has 0 aliphatic carbocycles. The zero-order chi connectivity index (χ0) is 21.4. The molecule has 1 aliphatic rings. The highest BCUT2D eigenvalue weighted by Gasteiger charge is 2.26. The number of carbonyl (C=O) groups excluding carboxylic acids is 1. The topological polar surface area (TPSA) is 67.9 Å². The minimum absolute atomic E-state index is 0.116. The number of benzene rings is 1. The highest BCUT2D eigenvalue weighted by Crippen LogP contribution is 2.24. The Morgan fingerprint density at radius 3 is 2.59 bits per heavy atom. The first kappa shape index (κ1) is 23.4. The van der Waals surface area contributed by atoms with Crippen molar-refractivity contribution in [3.63, 3.8) is 0 Å². The van der Waals surface area contributed by atoms with E-state index in [0.717, 1.165) is 41.5 Å². The smallest absolute Gasteiger partial charge is 0.217 e. The number of ketones is 1. The molecular formula is C23H32BrN3O2. The highest BCUT2D eigenvalue weighted by atomic mass is 79.9. The van der Waals surface area contributed by atoms with E-state index in [1.807, 2.05) is 45.0 Å². The van der Waals surface area contributed by atoms with Crippen molar-refractivity contribution in [2.45, 2.75) is 45.6 Å². The third-order valence-corrected chi connectivity index (χ3v) is 5.54. The fourth-order valence-electron chi connectivity index (χ4n) is 3.31. The van der Waals surface area contributed by atoms with Gasteiger partial charge >= 0.3 is 0 Å². The highest BCUT2D eigenvalue weighted by molar-refractivity contribution is 9.10. The lowest BCUT2D eigenvalue weighted by Gasteiger charge is -2.32. The summed E-state index contributed by atoms with van der Waals surface area (Å²) < 4.78 is 6.94. The minimum Gasteiger partial charge on any atom is -0.472 e. The first-order valence-corrected chi connectivity index (χ1v) is 10.8. The van der Waals surface area contributed by atoms with Gasteiger partial charge in [0.1, 0.15) is 11.4 Å². The van der Waals surface area contributed by atoms with Gasteiger partial charge in [0.15, 0.2) is 0 Å². The van der Waals surface area contributed by atoms with E-state index in [9.17, 15) is 4.79 Å². The Morgan fingerprint density at radius 1 is 1.34 bits per heavy atom. The Labute approximate surface area is 182 Å². The van der Waals surface area contributed by atoms with E-state index in [-0.39, 0.29) is 11.5 Å². The quantitative estimate of drug-likeness (QED) is 0.480. The summed E-state index contributed by atoms with van der Waals surface area (Å²) in [4.78, 5) is 19.3. The molecule has 1 aromatic carbocycles. The van der Waals surface area contributed by atoms with Gasteiger partial charge in [0.2, 0.25) is 5.90 Å². The molecule has 0 bridgehead atoms. The summed E-state index contributed by atoms with van der Waals surface area (Å²) in [5.41, 5.74) is 6.92. The van der Waals surface area contributed by atoms with Gasteiger partial charge in [0, 0.05) is 41.3 Å². The van der Waals surface area contributed by atoms with Crippen molar-refractivity contribution in [2.75, 3.05) is 19.6 Å². The van der Waals surface area contributed by atoms with Crippen LogP contribution in [0.4, 0.5) is 0 Å². The number of hydrogen-bond donors (Lipinski definition) is 1. The van der Waals surface area contributed by atoms with Crippen molar-refractivity contribution in [3.8, 4) is 0 Å². The largest absolute Gasteiger partial charge is 0.472 e. The van der Waals surface area contributed by atoms with Crippen LogP contribution in [0.2, 0.25) is 0 Å². The molecule has 0 spiro atoms. The summed E-state index contributed by atoms with van der Waals surface area (Å²) in [6.45, 7) is 12.5. The number of Topliss-reactive ketones (excluding diaryl/α,β-unsaturated/α-hetero) is 1. The van der Waals surface area contributed by atoms with Crippen molar-refractivity contribution in [1.82, 2.24) is 4.90 Å². The van der Waals surface area contributed by atoms with Gasteiger partial charge in [-0.3, -0.25) is 9.69 Å². The maximum atomic E-state index is 12.7. The van der Waals surface area contributed by atoms with Crippen LogP contribution in [-0.2, 0) is 16.0 Å². The molecule has 0 saturated carbocycles. The third kappa shape index (κ3) is 7.78. The van der Waals surface area contributed by atoms with E-state index in [2.05, 4.69) is 32.4 Å². The van der Waals surface area contributed by atoms with Crippen molar-refractivity contribution in [3.05, 3.63) is 58.9 Å². The molecule has 6 heteroatoms. The van der Waals surface area contributed by atoms with E-state index in [4.69, 9.17) is 10.5 Å². The number of ether oxygens (including phenoxy) is 1. The van der Waals surface area contributed by atoms with Crippen LogP contribution < -0.4 is 5.73 Å². The maximum absolute atomic E-state index is 12.7. The van der Waals surface area contributed by atoms with E-state index in [0.29, 0.717) is 24.6 Å². The Kier molecular flexibility index (Phi) is 8.65. The maximum Gasteiger partial charge on any atom is 0.217 e. The monoisotopic (exact) mass is 461 g/mol. The van der Waals surface area contributed by atoms with Crippen LogP contribution in [-0.4, -0.2) is 41.8 Å². The number of piperidine rings is 1. The first-order chi connectivity index (χ1) is 13.7. The fraction of sp³-hybridized carbons (Fsp3) is 0.478. The van der Waals surface area contributed by atoms with Gasteiger partial charge in [-0.1, -0.05) is 40.7 Å². The van der Waals surface area contributed by atoms with Crippen LogP contribution in [0, 0.1) is 5.92 Å². The second-order valence-electron chi connectivity index (χ2n) is 8.38.